The molecular formula is C12H18F2N2. The molecule has 0 spiro atoms. The summed E-state index contributed by atoms with van der Waals surface area (Å²) in [6, 6.07) is 3.55. The average Bonchev–Trinajstić information content (AvgIpc) is 2.24. The zero-order chi connectivity index (χ0) is 12.0. The van der Waals surface area contributed by atoms with Crippen molar-refractivity contribution in [1.82, 2.24) is 5.32 Å². The van der Waals surface area contributed by atoms with Gasteiger partial charge in [0, 0.05) is 17.7 Å². The van der Waals surface area contributed by atoms with E-state index in [2.05, 4.69) is 5.32 Å². The third-order valence-corrected chi connectivity index (χ3v) is 2.51. The van der Waals surface area contributed by atoms with Crippen molar-refractivity contribution in [1.29, 1.82) is 0 Å². The number of halogens is 2. The minimum Gasteiger partial charge on any atom is -0.330 e. The molecule has 90 valence electrons. The number of benzene rings is 1. The van der Waals surface area contributed by atoms with Crippen molar-refractivity contribution in [2.75, 3.05) is 13.1 Å². The van der Waals surface area contributed by atoms with Crippen LogP contribution in [-0.4, -0.2) is 13.1 Å². The summed E-state index contributed by atoms with van der Waals surface area (Å²) in [7, 11) is 0. The van der Waals surface area contributed by atoms with Crippen molar-refractivity contribution in [2.24, 2.45) is 5.73 Å². The van der Waals surface area contributed by atoms with Crippen molar-refractivity contribution < 1.29 is 8.78 Å². The van der Waals surface area contributed by atoms with Crippen LogP contribution < -0.4 is 11.1 Å². The van der Waals surface area contributed by atoms with E-state index in [-0.39, 0.29) is 6.04 Å². The van der Waals surface area contributed by atoms with Crippen molar-refractivity contribution in [3.05, 3.63) is 35.4 Å². The van der Waals surface area contributed by atoms with Crippen molar-refractivity contribution in [3.8, 4) is 0 Å². The van der Waals surface area contributed by atoms with Gasteiger partial charge >= 0.3 is 0 Å². The lowest BCUT2D eigenvalue weighted by Gasteiger charge is -2.14. The topological polar surface area (TPSA) is 38.0 Å². The van der Waals surface area contributed by atoms with Crippen molar-refractivity contribution in [3.63, 3.8) is 0 Å². The van der Waals surface area contributed by atoms with E-state index in [4.69, 9.17) is 5.73 Å². The maximum absolute atomic E-state index is 13.4. The quantitative estimate of drug-likeness (QED) is 0.733. The van der Waals surface area contributed by atoms with Crippen LogP contribution in [-0.2, 0) is 0 Å². The zero-order valence-electron chi connectivity index (χ0n) is 9.47. The second-order valence-electron chi connectivity index (χ2n) is 3.84. The highest BCUT2D eigenvalue weighted by molar-refractivity contribution is 5.21. The highest BCUT2D eigenvalue weighted by atomic mass is 19.1. The molecule has 3 N–H and O–H groups in total. The second kappa shape index (κ2) is 6.55. The molecule has 0 fully saturated rings. The molecule has 1 aromatic carbocycles. The number of rotatable bonds is 6. The van der Waals surface area contributed by atoms with Crippen LogP contribution in [0.2, 0.25) is 0 Å². The van der Waals surface area contributed by atoms with Crippen LogP contribution in [0.25, 0.3) is 0 Å². The van der Waals surface area contributed by atoms with Gasteiger partial charge in [-0.05, 0) is 38.9 Å². The Hall–Kier alpha value is -1.00. The standard InChI is InChI=1S/C12H18F2N2/c1-9(16-7-3-2-6-15)11-5-4-10(13)8-12(11)14/h4-5,8-9,16H,2-3,6-7,15H2,1H3. The van der Waals surface area contributed by atoms with E-state index < -0.39 is 11.6 Å². The second-order valence-corrected chi connectivity index (χ2v) is 3.84. The Labute approximate surface area is 94.8 Å². The summed E-state index contributed by atoms with van der Waals surface area (Å²) in [5.74, 6) is -1.05. The largest absolute Gasteiger partial charge is 0.330 e. The summed E-state index contributed by atoms with van der Waals surface area (Å²) in [6.07, 6.45) is 1.91. The van der Waals surface area contributed by atoms with Gasteiger partial charge in [0.1, 0.15) is 11.6 Å². The molecule has 4 heteroatoms. The number of nitrogens with two attached hydrogens (primary N) is 1. The monoisotopic (exact) mass is 228 g/mol. The molecular weight excluding hydrogens is 210 g/mol. The normalized spacial score (nSPS) is 12.8. The van der Waals surface area contributed by atoms with Gasteiger partial charge < -0.3 is 11.1 Å². The van der Waals surface area contributed by atoms with Gasteiger partial charge in [-0.3, -0.25) is 0 Å². The molecule has 1 unspecified atom stereocenters. The third kappa shape index (κ3) is 3.87. The first kappa shape index (κ1) is 13.1. The zero-order valence-corrected chi connectivity index (χ0v) is 9.47. The summed E-state index contributed by atoms with van der Waals surface area (Å²) in [4.78, 5) is 0. The van der Waals surface area contributed by atoms with Crippen molar-refractivity contribution in [2.45, 2.75) is 25.8 Å². The molecule has 0 bridgehead atoms. The fraction of sp³-hybridized carbons (Fsp3) is 0.500. The van der Waals surface area contributed by atoms with E-state index >= 15 is 0 Å². The smallest absolute Gasteiger partial charge is 0.130 e. The van der Waals surface area contributed by atoms with Crippen LogP contribution in [0.4, 0.5) is 8.78 Å². The Morgan fingerprint density at radius 2 is 2.06 bits per heavy atom. The minimum absolute atomic E-state index is 0.113. The number of unbranched alkanes of at least 4 members (excludes halogenated alkanes) is 1. The highest BCUT2D eigenvalue weighted by Gasteiger charge is 2.10. The number of hydrogen-bond donors (Lipinski definition) is 2. The van der Waals surface area contributed by atoms with Gasteiger partial charge in [0.25, 0.3) is 0 Å². The van der Waals surface area contributed by atoms with Crippen LogP contribution in [0.5, 0.6) is 0 Å². The summed E-state index contributed by atoms with van der Waals surface area (Å²) < 4.78 is 26.1. The summed E-state index contributed by atoms with van der Waals surface area (Å²) >= 11 is 0. The molecule has 2 nitrogen and oxygen atoms in total. The first-order valence-corrected chi connectivity index (χ1v) is 5.53. The molecule has 1 atom stereocenters. The molecule has 0 heterocycles. The van der Waals surface area contributed by atoms with Crippen LogP contribution >= 0.6 is 0 Å². The Kier molecular flexibility index (Phi) is 5.35. The maximum Gasteiger partial charge on any atom is 0.130 e. The van der Waals surface area contributed by atoms with Gasteiger partial charge in [-0.1, -0.05) is 6.07 Å². The van der Waals surface area contributed by atoms with Gasteiger partial charge in [0.15, 0.2) is 0 Å². The molecule has 0 aromatic heterocycles. The molecule has 0 aliphatic heterocycles. The number of hydrogen-bond acceptors (Lipinski definition) is 2. The maximum atomic E-state index is 13.4. The Balaban J connectivity index is 2.49. The molecule has 1 rings (SSSR count). The third-order valence-electron chi connectivity index (χ3n) is 2.51. The Morgan fingerprint density at radius 3 is 2.69 bits per heavy atom. The Bertz CT molecular complexity index is 329. The van der Waals surface area contributed by atoms with Gasteiger partial charge in [0.2, 0.25) is 0 Å². The minimum atomic E-state index is -0.545. The molecule has 0 saturated carbocycles. The summed E-state index contributed by atoms with van der Waals surface area (Å²) in [5, 5.41) is 3.18. The van der Waals surface area contributed by atoms with Gasteiger partial charge in [-0.25, -0.2) is 8.78 Å². The summed E-state index contributed by atoms with van der Waals surface area (Å²) in [6.45, 7) is 3.31. The van der Waals surface area contributed by atoms with E-state index in [1.807, 2.05) is 6.92 Å². The van der Waals surface area contributed by atoms with E-state index in [1.165, 1.54) is 12.1 Å². The van der Waals surface area contributed by atoms with Crippen LogP contribution in [0.15, 0.2) is 18.2 Å². The van der Waals surface area contributed by atoms with Crippen LogP contribution in [0, 0.1) is 11.6 Å². The molecule has 0 aliphatic rings. The SMILES string of the molecule is CC(NCCCCN)c1ccc(F)cc1F. The fourth-order valence-corrected chi connectivity index (χ4v) is 1.55. The highest BCUT2D eigenvalue weighted by Crippen LogP contribution is 2.17. The first-order chi connectivity index (χ1) is 7.65. The predicted octanol–water partition coefficient (Wildman–Crippen LogP) is 2.35. The Morgan fingerprint density at radius 1 is 1.31 bits per heavy atom. The summed E-state index contributed by atoms with van der Waals surface area (Å²) in [5.41, 5.74) is 5.86. The first-order valence-electron chi connectivity index (χ1n) is 5.53. The predicted molar refractivity (Wildman–Crippen MR) is 61.1 cm³/mol. The van der Waals surface area contributed by atoms with Gasteiger partial charge in [-0.2, -0.15) is 0 Å². The molecule has 0 aliphatic carbocycles. The lowest BCUT2D eigenvalue weighted by atomic mass is 10.1. The lowest BCUT2D eigenvalue weighted by Crippen LogP contribution is -2.21. The van der Waals surface area contributed by atoms with E-state index in [0.29, 0.717) is 12.1 Å². The number of nitrogens with one attached hydrogen (secondary N) is 1. The fourth-order valence-electron chi connectivity index (χ4n) is 1.55. The molecule has 1 aromatic rings. The van der Waals surface area contributed by atoms with Crippen LogP contribution in [0.3, 0.4) is 0 Å². The molecule has 0 saturated heterocycles. The van der Waals surface area contributed by atoms with Gasteiger partial charge in [0.05, 0.1) is 0 Å². The molecule has 0 amide bonds. The van der Waals surface area contributed by atoms with Gasteiger partial charge in [-0.15, -0.1) is 0 Å². The molecule has 16 heavy (non-hydrogen) atoms. The molecule has 0 radical (unpaired) electrons. The average molecular weight is 228 g/mol. The van der Waals surface area contributed by atoms with E-state index in [0.717, 1.165) is 25.5 Å². The van der Waals surface area contributed by atoms with E-state index in [9.17, 15) is 8.78 Å². The van der Waals surface area contributed by atoms with Crippen LogP contribution in [0.1, 0.15) is 31.4 Å². The van der Waals surface area contributed by atoms with Crippen molar-refractivity contribution >= 4 is 0 Å². The van der Waals surface area contributed by atoms with E-state index in [1.54, 1.807) is 0 Å². The lowest BCUT2D eigenvalue weighted by molar-refractivity contribution is 0.508.